The fourth-order valence-corrected chi connectivity index (χ4v) is 5.45. The number of carbonyl (C=O) groups is 2. The van der Waals surface area contributed by atoms with Crippen molar-refractivity contribution in [3.05, 3.63) is 36.1 Å². The number of hydrazone groups is 1. The van der Waals surface area contributed by atoms with Crippen molar-refractivity contribution in [1.29, 1.82) is 0 Å². The molecule has 2 unspecified atom stereocenters. The zero-order valence-corrected chi connectivity index (χ0v) is 17.2. The minimum atomic E-state index is -3.16. The van der Waals surface area contributed by atoms with Crippen LogP contribution in [0, 0.1) is 0 Å². The lowest BCUT2D eigenvalue weighted by Gasteiger charge is -2.30. The van der Waals surface area contributed by atoms with E-state index in [1.165, 1.54) is 9.91 Å². The van der Waals surface area contributed by atoms with E-state index in [-0.39, 0.29) is 47.9 Å². The molecule has 2 amide bonds. The van der Waals surface area contributed by atoms with Crippen LogP contribution in [0.25, 0.3) is 11.0 Å². The first-order valence-electron chi connectivity index (χ1n) is 9.61. The van der Waals surface area contributed by atoms with Crippen molar-refractivity contribution in [2.75, 3.05) is 18.6 Å². The van der Waals surface area contributed by atoms with Crippen LogP contribution in [0.5, 0.6) is 0 Å². The third-order valence-electron chi connectivity index (χ3n) is 5.62. The van der Waals surface area contributed by atoms with Crippen molar-refractivity contribution >= 4 is 38.3 Å². The highest BCUT2D eigenvalue weighted by molar-refractivity contribution is 7.91. The fraction of sp³-hybridized carbons (Fsp3) is 0.450. The second kappa shape index (κ2) is 7.29. The molecule has 29 heavy (non-hydrogen) atoms. The first kappa shape index (κ1) is 19.6. The topological polar surface area (TPSA) is 100 Å². The molecule has 0 N–H and O–H groups in total. The molecule has 2 aromatic rings. The minimum Gasteiger partial charge on any atom is -0.459 e. The number of furan rings is 1. The van der Waals surface area contributed by atoms with E-state index in [1.807, 2.05) is 37.3 Å². The molecule has 0 aliphatic carbocycles. The van der Waals surface area contributed by atoms with E-state index in [9.17, 15) is 18.0 Å². The number of rotatable bonds is 4. The molecule has 4 rings (SSSR count). The summed E-state index contributed by atoms with van der Waals surface area (Å²) in [7, 11) is -1.49. The Morgan fingerprint density at radius 2 is 2.07 bits per heavy atom. The first-order valence-corrected chi connectivity index (χ1v) is 11.4. The third-order valence-corrected chi connectivity index (χ3v) is 7.37. The van der Waals surface area contributed by atoms with E-state index >= 15 is 0 Å². The smallest absolute Gasteiger partial charge is 0.270 e. The molecule has 0 radical (unpaired) electrons. The molecule has 1 aromatic carbocycles. The highest BCUT2D eigenvalue weighted by Gasteiger charge is 2.38. The Morgan fingerprint density at radius 1 is 1.31 bits per heavy atom. The number of sulfone groups is 1. The van der Waals surface area contributed by atoms with E-state index in [2.05, 4.69) is 5.10 Å². The highest BCUT2D eigenvalue weighted by atomic mass is 32.2. The van der Waals surface area contributed by atoms with Crippen LogP contribution in [0.2, 0.25) is 0 Å². The Kier molecular flexibility index (Phi) is 4.94. The largest absolute Gasteiger partial charge is 0.459 e. The van der Waals surface area contributed by atoms with Crippen molar-refractivity contribution in [1.82, 2.24) is 9.91 Å². The summed E-state index contributed by atoms with van der Waals surface area (Å²) >= 11 is 0. The Labute approximate surface area is 169 Å². The summed E-state index contributed by atoms with van der Waals surface area (Å²) in [6.07, 6.45) is 0.739. The van der Waals surface area contributed by atoms with Crippen molar-refractivity contribution in [2.24, 2.45) is 5.10 Å². The van der Waals surface area contributed by atoms with Crippen LogP contribution in [-0.4, -0.2) is 60.4 Å². The molecule has 154 valence electrons. The van der Waals surface area contributed by atoms with E-state index in [4.69, 9.17) is 4.42 Å². The highest BCUT2D eigenvalue weighted by Crippen LogP contribution is 2.28. The van der Waals surface area contributed by atoms with Gasteiger partial charge < -0.3 is 9.32 Å². The summed E-state index contributed by atoms with van der Waals surface area (Å²) in [6, 6.07) is 8.72. The summed E-state index contributed by atoms with van der Waals surface area (Å²) in [4.78, 5) is 26.8. The Hall–Kier alpha value is -2.68. The van der Waals surface area contributed by atoms with Gasteiger partial charge in [0.15, 0.2) is 9.84 Å². The van der Waals surface area contributed by atoms with E-state index in [0.717, 1.165) is 11.0 Å². The van der Waals surface area contributed by atoms with Gasteiger partial charge in [0.05, 0.1) is 23.6 Å². The molecule has 2 aliphatic rings. The van der Waals surface area contributed by atoms with Crippen LogP contribution < -0.4 is 0 Å². The predicted octanol–water partition coefficient (Wildman–Crippen LogP) is 2.12. The Bertz CT molecular complexity index is 1070. The number of carbonyl (C=O) groups excluding carboxylic acids is 2. The zero-order chi connectivity index (χ0) is 20.8. The van der Waals surface area contributed by atoms with Crippen LogP contribution in [-0.2, 0) is 19.4 Å². The third kappa shape index (κ3) is 3.78. The van der Waals surface area contributed by atoms with Gasteiger partial charge in [0.25, 0.3) is 5.91 Å². The number of amides is 2. The number of para-hydroxylation sites is 1. The number of nitrogens with zero attached hydrogens (tertiary/aromatic N) is 3. The van der Waals surface area contributed by atoms with Crippen molar-refractivity contribution in [3.8, 4) is 0 Å². The standard InChI is InChI=1S/C20H23N3O5S/c1-13(18-11-14-5-3-4-6-17(14)28-18)22(2)20(25)16-7-8-19(24)23(21-16)15-9-10-29(26,27)12-15/h3-6,11,13,15H,7-10,12H2,1-2H3. The van der Waals surface area contributed by atoms with Crippen LogP contribution in [0.1, 0.15) is 38.0 Å². The van der Waals surface area contributed by atoms with E-state index in [1.54, 1.807) is 7.05 Å². The number of hydrogen-bond acceptors (Lipinski definition) is 6. The van der Waals surface area contributed by atoms with Crippen LogP contribution in [0.15, 0.2) is 39.9 Å². The summed E-state index contributed by atoms with van der Waals surface area (Å²) in [5.74, 6) is 0.0688. The summed E-state index contributed by atoms with van der Waals surface area (Å²) in [5.41, 5.74) is 1.02. The molecule has 2 aliphatic heterocycles. The molecule has 1 saturated heterocycles. The summed E-state index contributed by atoms with van der Waals surface area (Å²) in [5, 5.41) is 6.44. The minimum absolute atomic E-state index is 0.0449. The average Bonchev–Trinajstić information content (AvgIpc) is 3.29. The number of hydrogen-bond donors (Lipinski definition) is 0. The van der Waals surface area contributed by atoms with Gasteiger partial charge in [-0.2, -0.15) is 5.10 Å². The van der Waals surface area contributed by atoms with Gasteiger partial charge in [0.1, 0.15) is 17.1 Å². The molecule has 1 aromatic heterocycles. The fourth-order valence-electron chi connectivity index (χ4n) is 3.76. The normalized spacial score (nSPS) is 22.6. The molecular weight excluding hydrogens is 394 g/mol. The quantitative estimate of drug-likeness (QED) is 0.759. The lowest BCUT2D eigenvalue weighted by Crippen LogP contribution is -2.44. The molecule has 0 saturated carbocycles. The zero-order valence-electron chi connectivity index (χ0n) is 16.4. The second-order valence-corrected chi connectivity index (χ2v) is 9.85. The maximum atomic E-state index is 13.0. The molecule has 0 spiro atoms. The van der Waals surface area contributed by atoms with Gasteiger partial charge >= 0.3 is 0 Å². The van der Waals surface area contributed by atoms with Gasteiger partial charge in [-0.05, 0) is 25.5 Å². The first-order chi connectivity index (χ1) is 13.7. The summed E-state index contributed by atoms with van der Waals surface area (Å²) in [6.45, 7) is 1.87. The van der Waals surface area contributed by atoms with E-state index < -0.39 is 15.9 Å². The van der Waals surface area contributed by atoms with Crippen molar-refractivity contribution in [2.45, 2.75) is 38.3 Å². The van der Waals surface area contributed by atoms with Gasteiger partial charge in [-0.3, -0.25) is 9.59 Å². The van der Waals surface area contributed by atoms with Crippen LogP contribution in [0.3, 0.4) is 0 Å². The predicted molar refractivity (Wildman–Crippen MR) is 108 cm³/mol. The average molecular weight is 417 g/mol. The molecule has 8 nitrogen and oxygen atoms in total. The molecule has 3 heterocycles. The van der Waals surface area contributed by atoms with Crippen LogP contribution in [0.4, 0.5) is 0 Å². The number of fused-ring (bicyclic) bond motifs is 1. The van der Waals surface area contributed by atoms with Gasteiger partial charge in [-0.1, -0.05) is 18.2 Å². The van der Waals surface area contributed by atoms with Gasteiger partial charge in [0.2, 0.25) is 5.91 Å². The van der Waals surface area contributed by atoms with Gasteiger partial charge in [-0.25, -0.2) is 13.4 Å². The molecule has 9 heteroatoms. The Balaban J connectivity index is 1.54. The molecular formula is C20H23N3O5S. The SMILES string of the molecule is CC(c1cc2ccccc2o1)N(C)C(=O)C1=NN(C2CCS(=O)(=O)C2)C(=O)CC1. The van der Waals surface area contributed by atoms with Gasteiger partial charge in [-0.15, -0.1) is 0 Å². The number of benzene rings is 1. The summed E-state index contributed by atoms with van der Waals surface area (Å²) < 4.78 is 29.4. The second-order valence-electron chi connectivity index (χ2n) is 7.62. The maximum absolute atomic E-state index is 13.0. The molecule has 2 atom stereocenters. The van der Waals surface area contributed by atoms with Crippen molar-refractivity contribution < 1.29 is 22.4 Å². The lowest BCUT2D eigenvalue weighted by atomic mass is 10.1. The monoisotopic (exact) mass is 417 g/mol. The molecule has 0 bridgehead atoms. The van der Waals surface area contributed by atoms with Gasteiger partial charge in [0, 0.05) is 25.3 Å². The van der Waals surface area contributed by atoms with E-state index in [0.29, 0.717) is 12.2 Å². The lowest BCUT2D eigenvalue weighted by molar-refractivity contribution is -0.134. The van der Waals surface area contributed by atoms with Crippen molar-refractivity contribution in [3.63, 3.8) is 0 Å². The maximum Gasteiger partial charge on any atom is 0.270 e. The molecule has 1 fully saturated rings. The van der Waals surface area contributed by atoms with Crippen LogP contribution >= 0.6 is 0 Å². The Morgan fingerprint density at radius 3 is 2.76 bits per heavy atom.